The van der Waals surface area contributed by atoms with E-state index < -0.39 is 10.0 Å². The molecule has 114 valence electrons. The standard InChI is InChI=1S/C14H24N2O2S2/c1-4-8-16(13-6-5-7-15-10-13)20(17,18)14-9-11(2)19-12(14)3/h9,13,15H,4-8,10H2,1-3H3. The van der Waals surface area contributed by atoms with Crippen LogP contribution in [0.5, 0.6) is 0 Å². The van der Waals surface area contributed by atoms with Gasteiger partial charge in [0.25, 0.3) is 0 Å². The molecule has 1 aliphatic rings. The third-order valence-electron chi connectivity index (χ3n) is 3.70. The molecule has 1 fully saturated rings. The van der Waals surface area contributed by atoms with E-state index in [0.29, 0.717) is 11.4 Å². The molecule has 0 amide bonds. The summed E-state index contributed by atoms with van der Waals surface area (Å²) in [6.45, 7) is 8.25. The third-order valence-corrected chi connectivity index (χ3v) is 6.88. The summed E-state index contributed by atoms with van der Waals surface area (Å²) in [7, 11) is -3.37. The number of sulfonamides is 1. The van der Waals surface area contributed by atoms with Gasteiger partial charge < -0.3 is 5.32 Å². The predicted octanol–water partition coefficient (Wildman–Crippen LogP) is 2.52. The molecule has 2 heterocycles. The molecule has 1 saturated heterocycles. The lowest BCUT2D eigenvalue weighted by Gasteiger charge is -2.33. The molecular formula is C14H24N2O2S2. The molecule has 0 aliphatic carbocycles. The van der Waals surface area contributed by atoms with Gasteiger partial charge in [0, 0.05) is 28.9 Å². The SMILES string of the molecule is CCCN(C1CCCNC1)S(=O)(=O)c1cc(C)sc1C. The zero-order valence-corrected chi connectivity index (χ0v) is 14.1. The van der Waals surface area contributed by atoms with Gasteiger partial charge in [-0.2, -0.15) is 4.31 Å². The van der Waals surface area contributed by atoms with Crippen LogP contribution in [0.1, 0.15) is 35.9 Å². The average Bonchev–Trinajstić information content (AvgIpc) is 2.76. The fourth-order valence-corrected chi connectivity index (χ4v) is 6.06. The molecule has 0 spiro atoms. The van der Waals surface area contributed by atoms with Gasteiger partial charge in [0.15, 0.2) is 0 Å². The van der Waals surface area contributed by atoms with E-state index in [1.165, 1.54) is 0 Å². The summed E-state index contributed by atoms with van der Waals surface area (Å²) in [5.74, 6) is 0. The third kappa shape index (κ3) is 3.24. The lowest BCUT2D eigenvalue weighted by atomic mass is 10.1. The molecule has 0 saturated carbocycles. The molecule has 0 aromatic carbocycles. The van der Waals surface area contributed by atoms with Crippen molar-refractivity contribution in [3.8, 4) is 0 Å². The van der Waals surface area contributed by atoms with E-state index in [2.05, 4.69) is 5.32 Å². The molecule has 2 rings (SSSR count). The second kappa shape index (κ2) is 6.56. The van der Waals surface area contributed by atoms with Gasteiger partial charge in [-0.15, -0.1) is 11.3 Å². The number of rotatable bonds is 5. The minimum atomic E-state index is -3.37. The second-order valence-electron chi connectivity index (χ2n) is 5.39. The van der Waals surface area contributed by atoms with Crippen molar-refractivity contribution < 1.29 is 8.42 Å². The van der Waals surface area contributed by atoms with E-state index in [1.54, 1.807) is 15.6 Å². The van der Waals surface area contributed by atoms with Crippen LogP contribution >= 0.6 is 11.3 Å². The van der Waals surface area contributed by atoms with Crippen LogP contribution in [0.2, 0.25) is 0 Å². The molecule has 1 aromatic heterocycles. The van der Waals surface area contributed by atoms with Gasteiger partial charge >= 0.3 is 0 Å². The number of hydrogen-bond acceptors (Lipinski definition) is 4. The van der Waals surface area contributed by atoms with Crippen LogP contribution in [0, 0.1) is 13.8 Å². The Labute approximate surface area is 126 Å². The van der Waals surface area contributed by atoms with Crippen LogP contribution in [-0.2, 0) is 10.0 Å². The van der Waals surface area contributed by atoms with Gasteiger partial charge in [0.05, 0.1) is 4.90 Å². The number of piperidine rings is 1. The molecule has 20 heavy (non-hydrogen) atoms. The first-order valence-corrected chi connectivity index (χ1v) is 9.52. The first-order valence-electron chi connectivity index (χ1n) is 7.26. The van der Waals surface area contributed by atoms with E-state index >= 15 is 0 Å². The van der Waals surface area contributed by atoms with E-state index in [4.69, 9.17) is 0 Å². The Morgan fingerprint density at radius 3 is 2.70 bits per heavy atom. The van der Waals surface area contributed by atoms with Gasteiger partial charge in [0.1, 0.15) is 0 Å². The van der Waals surface area contributed by atoms with Crippen molar-refractivity contribution in [2.24, 2.45) is 0 Å². The Balaban J connectivity index is 2.33. The molecule has 0 radical (unpaired) electrons. The van der Waals surface area contributed by atoms with Gasteiger partial charge in [-0.25, -0.2) is 8.42 Å². The van der Waals surface area contributed by atoms with Crippen LogP contribution in [0.15, 0.2) is 11.0 Å². The maximum Gasteiger partial charge on any atom is 0.244 e. The monoisotopic (exact) mass is 316 g/mol. The second-order valence-corrected chi connectivity index (χ2v) is 8.71. The Bertz CT molecular complexity index is 546. The average molecular weight is 316 g/mol. The largest absolute Gasteiger partial charge is 0.315 e. The molecule has 6 heteroatoms. The number of hydrogen-bond donors (Lipinski definition) is 1. The number of aryl methyl sites for hydroxylation is 2. The van der Waals surface area contributed by atoms with Gasteiger partial charge in [0.2, 0.25) is 10.0 Å². The molecule has 0 bridgehead atoms. The lowest BCUT2D eigenvalue weighted by molar-refractivity contribution is 0.266. The Morgan fingerprint density at radius 2 is 2.20 bits per heavy atom. The van der Waals surface area contributed by atoms with Crippen molar-refractivity contribution in [3.05, 3.63) is 15.8 Å². The summed E-state index contributed by atoms with van der Waals surface area (Å²) < 4.78 is 27.6. The molecule has 1 aromatic rings. The lowest BCUT2D eigenvalue weighted by Crippen LogP contribution is -2.48. The highest BCUT2D eigenvalue weighted by atomic mass is 32.2. The smallest absolute Gasteiger partial charge is 0.244 e. The van der Waals surface area contributed by atoms with E-state index in [1.807, 2.05) is 26.8 Å². The van der Waals surface area contributed by atoms with Gasteiger partial charge in [-0.3, -0.25) is 0 Å². The summed E-state index contributed by atoms with van der Waals surface area (Å²) in [5, 5.41) is 3.31. The predicted molar refractivity (Wildman–Crippen MR) is 83.9 cm³/mol. The molecule has 1 atom stereocenters. The summed E-state index contributed by atoms with van der Waals surface area (Å²) in [5.41, 5.74) is 0. The van der Waals surface area contributed by atoms with Crippen LogP contribution < -0.4 is 5.32 Å². The van der Waals surface area contributed by atoms with Crippen LogP contribution in [-0.4, -0.2) is 38.4 Å². The molecule has 1 N–H and O–H groups in total. The number of nitrogens with zero attached hydrogens (tertiary/aromatic N) is 1. The van der Waals surface area contributed by atoms with Crippen LogP contribution in [0.25, 0.3) is 0 Å². The fraction of sp³-hybridized carbons (Fsp3) is 0.714. The molecule has 1 aliphatic heterocycles. The normalized spacial score (nSPS) is 20.5. The quantitative estimate of drug-likeness (QED) is 0.908. The topological polar surface area (TPSA) is 49.4 Å². The fourth-order valence-electron chi connectivity index (χ4n) is 2.79. The first-order chi connectivity index (χ1) is 9.46. The van der Waals surface area contributed by atoms with E-state index in [9.17, 15) is 8.42 Å². The van der Waals surface area contributed by atoms with Gasteiger partial charge in [-0.1, -0.05) is 6.92 Å². The Kier molecular flexibility index (Phi) is 5.23. The van der Waals surface area contributed by atoms with E-state index in [-0.39, 0.29) is 6.04 Å². The zero-order valence-electron chi connectivity index (χ0n) is 12.5. The maximum absolute atomic E-state index is 13.0. The summed E-state index contributed by atoms with van der Waals surface area (Å²) >= 11 is 1.56. The zero-order chi connectivity index (χ0) is 14.8. The summed E-state index contributed by atoms with van der Waals surface area (Å²) in [4.78, 5) is 2.45. The summed E-state index contributed by atoms with van der Waals surface area (Å²) in [6, 6.07) is 1.90. The molecule has 1 unspecified atom stereocenters. The molecule has 4 nitrogen and oxygen atoms in total. The van der Waals surface area contributed by atoms with Crippen molar-refractivity contribution in [2.45, 2.75) is 51.0 Å². The highest BCUT2D eigenvalue weighted by Crippen LogP contribution is 2.29. The Morgan fingerprint density at radius 1 is 1.45 bits per heavy atom. The van der Waals surface area contributed by atoms with Crippen molar-refractivity contribution in [3.63, 3.8) is 0 Å². The van der Waals surface area contributed by atoms with Crippen LogP contribution in [0.3, 0.4) is 0 Å². The number of nitrogens with one attached hydrogen (secondary N) is 1. The Hall–Kier alpha value is -0.430. The molecular weight excluding hydrogens is 292 g/mol. The van der Waals surface area contributed by atoms with Crippen molar-refractivity contribution in [2.75, 3.05) is 19.6 Å². The minimum Gasteiger partial charge on any atom is -0.315 e. The van der Waals surface area contributed by atoms with Gasteiger partial charge in [-0.05, 0) is 45.7 Å². The number of thiophene rings is 1. The maximum atomic E-state index is 13.0. The summed E-state index contributed by atoms with van der Waals surface area (Å²) in [6.07, 6.45) is 2.84. The van der Waals surface area contributed by atoms with Crippen molar-refractivity contribution in [1.82, 2.24) is 9.62 Å². The van der Waals surface area contributed by atoms with Crippen molar-refractivity contribution in [1.29, 1.82) is 0 Å². The minimum absolute atomic E-state index is 0.0910. The highest BCUT2D eigenvalue weighted by Gasteiger charge is 2.33. The van der Waals surface area contributed by atoms with E-state index in [0.717, 1.165) is 42.1 Å². The highest BCUT2D eigenvalue weighted by molar-refractivity contribution is 7.89. The first kappa shape index (κ1) is 15.9. The van der Waals surface area contributed by atoms with Crippen molar-refractivity contribution >= 4 is 21.4 Å². The van der Waals surface area contributed by atoms with Crippen LogP contribution in [0.4, 0.5) is 0 Å².